The van der Waals surface area contributed by atoms with Gasteiger partial charge in [0, 0.05) is 18.7 Å². The fourth-order valence-corrected chi connectivity index (χ4v) is 5.54. The van der Waals surface area contributed by atoms with Gasteiger partial charge in [-0.3, -0.25) is 4.79 Å². The van der Waals surface area contributed by atoms with Crippen LogP contribution in [0, 0.1) is 6.92 Å². The first-order valence-corrected chi connectivity index (χ1v) is 12.4. The number of aromatic nitrogens is 1. The average Bonchev–Trinajstić information content (AvgIpc) is 3.01. The van der Waals surface area contributed by atoms with Crippen LogP contribution in [0.5, 0.6) is 5.75 Å². The van der Waals surface area contributed by atoms with Gasteiger partial charge in [0.1, 0.15) is 22.8 Å². The van der Waals surface area contributed by atoms with E-state index in [9.17, 15) is 13.2 Å². The molecule has 9 heteroatoms. The first kappa shape index (κ1) is 23.0. The Balaban J connectivity index is 1.66. The molecule has 4 rings (SSSR count). The van der Waals surface area contributed by atoms with Crippen molar-refractivity contribution in [2.75, 3.05) is 25.5 Å². The Labute approximate surface area is 193 Å². The highest BCUT2D eigenvalue weighted by Gasteiger charge is 2.27. The lowest BCUT2D eigenvalue weighted by molar-refractivity contribution is 0.102. The number of carbonyl (C=O) groups is 1. The van der Waals surface area contributed by atoms with Crippen LogP contribution in [0.25, 0.3) is 11.3 Å². The molecule has 1 amide bonds. The highest BCUT2D eigenvalue weighted by atomic mass is 32.2. The maximum absolute atomic E-state index is 13.2. The van der Waals surface area contributed by atoms with Crippen LogP contribution < -0.4 is 10.1 Å². The molecular weight excluding hydrogens is 442 g/mol. The zero-order valence-electron chi connectivity index (χ0n) is 18.7. The summed E-state index contributed by atoms with van der Waals surface area (Å²) < 4.78 is 38.7. The van der Waals surface area contributed by atoms with Gasteiger partial charge in [0.05, 0.1) is 17.7 Å². The van der Waals surface area contributed by atoms with Gasteiger partial charge >= 0.3 is 0 Å². The molecule has 0 unspecified atom stereocenters. The van der Waals surface area contributed by atoms with Gasteiger partial charge in [-0.1, -0.05) is 48.3 Å². The number of hydrogen-bond acceptors (Lipinski definition) is 6. The molecule has 1 fully saturated rings. The summed E-state index contributed by atoms with van der Waals surface area (Å²) >= 11 is 0. The third-order valence-corrected chi connectivity index (χ3v) is 7.65. The van der Waals surface area contributed by atoms with Gasteiger partial charge in [0.2, 0.25) is 10.0 Å². The second-order valence-electron chi connectivity index (χ2n) is 7.96. The molecule has 3 aromatic rings. The van der Waals surface area contributed by atoms with Gasteiger partial charge in [-0.15, -0.1) is 0 Å². The highest BCUT2D eigenvalue weighted by Crippen LogP contribution is 2.32. The molecule has 174 valence electrons. The summed E-state index contributed by atoms with van der Waals surface area (Å²) in [5.74, 6) is 0.252. The minimum atomic E-state index is -3.69. The van der Waals surface area contributed by atoms with E-state index < -0.39 is 15.9 Å². The summed E-state index contributed by atoms with van der Waals surface area (Å²) in [4.78, 5) is 13.4. The number of sulfonamides is 1. The van der Waals surface area contributed by atoms with E-state index in [2.05, 4.69) is 10.5 Å². The van der Waals surface area contributed by atoms with E-state index in [1.807, 2.05) is 30.3 Å². The molecule has 8 nitrogen and oxygen atoms in total. The summed E-state index contributed by atoms with van der Waals surface area (Å²) in [7, 11) is -2.22. The Bertz CT molecular complexity index is 1230. The fraction of sp³-hybridized carbons (Fsp3) is 0.333. The molecule has 0 aliphatic carbocycles. The Kier molecular flexibility index (Phi) is 6.80. The normalized spacial score (nSPS) is 15.1. The summed E-state index contributed by atoms with van der Waals surface area (Å²) in [6.07, 6.45) is 3.73. The Hall–Kier alpha value is -3.17. The number of anilines is 1. The van der Waals surface area contributed by atoms with Crippen LogP contribution in [0.15, 0.2) is 57.9 Å². The fourth-order valence-electron chi connectivity index (χ4n) is 3.99. The van der Waals surface area contributed by atoms with Gasteiger partial charge in [-0.25, -0.2) is 8.42 Å². The molecule has 33 heavy (non-hydrogen) atoms. The number of carbonyl (C=O) groups excluding carboxylic acids is 1. The highest BCUT2D eigenvalue weighted by molar-refractivity contribution is 7.89. The van der Waals surface area contributed by atoms with Crippen LogP contribution in [0.1, 0.15) is 41.8 Å². The van der Waals surface area contributed by atoms with Crippen molar-refractivity contribution >= 4 is 21.6 Å². The minimum absolute atomic E-state index is 0.117. The van der Waals surface area contributed by atoms with Crippen LogP contribution in [-0.4, -0.2) is 44.0 Å². The van der Waals surface area contributed by atoms with Crippen LogP contribution in [0.3, 0.4) is 0 Å². The van der Waals surface area contributed by atoms with Crippen LogP contribution in [-0.2, 0) is 10.0 Å². The van der Waals surface area contributed by atoms with E-state index in [4.69, 9.17) is 9.26 Å². The summed E-state index contributed by atoms with van der Waals surface area (Å²) in [5.41, 5.74) is 1.70. The maximum atomic E-state index is 13.2. The lowest BCUT2D eigenvalue weighted by Gasteiger charge is -2.21. The lowest BCUT2D eigenvalue weighted by atomic mass is 10.1. The van der Waals surface area contributed by atoms with Crippen LogP contribution >= 0.6 is 0 Å². The van der Waals surface area contributed by atoms with Crippen LogP contribution in [0.4, 0.5) is 5.69 Å². The summed E-state index contributed by atoms with van der Waals surface area (Å²) in [5, 5.41) is 6.84. The van der Waals surface area contributed by atoms with E-state index >= 15 is 0 Å². The maximum Gasteiger partial charge on any atom is 0.261 e. The van der Waals surface area contributed by atoms with E-state index in [1.165, 1.54) is 23.5 Å². The largest absolute Gasteiger partial charge is 0.495 e. The average molecular weight is 470 g/mol. The van der Waals surface area contributed by atoms with E-state index in [0.717, 1.165) is 31.2 Å². The van der Waals surface area contributed by atoms with Crippen molar-refractivity contribution in [3.8, 4) is 17.0 Å². The molecule has 2 aromatic carbocycles. The van der Waals surface area contributed by atoms with E-state index in [1.54, 1.807) is 13.0 Å². The molecule has 1 aliphatic rings. The number of rotatable bonds is 6. The first-order valence-electron chi connectivity index (χ1n) is 10.9. The Morgan fingerprint density at radius 2 is 1.76 bits per heavy atom. The summed E-state index contributed by atoms with van der Waals surface area (Å²) in [6, 6.07) is 13.8. The van der Waals surface area contributed by atoms with E-state index in [-0.39, 0.29) is 16.1 Å². The molecule has 0 atom stereocenters. The predicted octanol–water partition coefficient (Wildman–Crippen LogP) is 4.48. The number of benzene rings is 2. The number of aryl methyl sites for hydroxylation is 1. The lowest BCUT2D eigenvalue weighted by Crippen LogP contribution is -2.32. The molecule has 0 spiro atoms. The second-order valence-corrected chi connectivity index (χ2v) is 9.90. The standard InChI is InChI=1S/C24H27N3O5S/c1-17-22(23(26-32-17)18-10-6-5-7-11-18)24(28)25-20-16-19(12-13-21(20)31-2)33(29,30)27-14-8-3-4-9-15-27/h5-7,10-13,16H,3-4,8-9,14-15H2,1-2H3,(H,25,28). The predicted molar refractivity (Wildman–Crippen MR) is 125 cm³/mol. The first-order chi connectivity index (χ1) is 15.9. The van der Waals surface area contributed by atoms with Crippen molar-refractivity contribution in [2.24, 2.45) is 0 Å². The number of nitrogens with zero attached hydrogens (tertiary/aromatic N) is 2. The Morgan fingerprint density at radius 1 is 1.06 bits per heavy atom. The zero-order chi connectivity index (χ0) is 23.4. The second kappa shape index (κ2) is 9.76. The molecule has 1 saturated heterocycles. The van der Waals surface area contributed by atoms with Gasteiger partial charge in [0.25, 0.3) is 5.91 Å². The van der Waals surface area contributed by atoms with Crippen molar-refractivity contribution in [1.29, 1.82) is 0 Å². The SMILES string of the molecule is COc1ccc(S(=O)(=O)N2CCCCCC2)cc1NC(=O)c1c(-c2ccccc2)noc1C. The number of ether oxygens (including phenoxy) is 1. The smallest absolute Gasteiger partial charge is 0.261 e. The number of hydrogen-bond donors (Lipinski definition) is 1. The van der Waals surface area contributed by atoms with Crippen LogP contribution in [0.2, 0.25) is 0 Å². The van der Waals surface area contributed by atoms with Crippen molar-refractivity contribution in [1.82, 2.24) is 9.46 Å². The molecule has 1 N–H and O–H groups in total. The zero-order valence-corrected chi connectivity index (χ0v) is 19.5. The molecule has 1 aromatic heterocycles. The Morgan fingerprint density at radius 3 is 2.42 bits per heavy atom. The van der Waals surface area contributed by atoms with Crippen molar-refractivity contribution in [3.63, 3.8) is 0 Å². The number of methoxy groups -OCH3 is 1. The van der Waals surface area contributed by atoms with Crippen molar-refractivity contribution in [3.05, 3.63) is 59.9 Å². The molecule has 0 bridgehead atoms. The number of amides is 1. The van der Waals surface area contributed by atoms with Gasteiger partial charge in [-0.2, -0.15) is 4.31 Å². The third-order valence-electron chi connectivity index (χ3n) is 5.76. The number of nitrogens with one attached hydrogen (secondary N) is 1. The van der Waals surface area contributed by atoms with Gasteiger partial charge < -0.3 is 14.6 Å². The molecule has 2 heterocycles. The monoisotopic (exact) mass is 469 g/mol. The minimum Gasteiger partial charge on any atom is -0.495 e. The van der Waals surface area contributed by atoms with Gasteiger partial charge in [0.15, 0.2) is 0 Å². The van der Waals surface area contributed by atoms with Crippen molar-refractivity contribution in [2.45, 2.75) is 37.5 Å². The molecule has 0 radical (unpaired) electrons. The molecule has 0 saturated carbocycles. The molecular formula is C24H27N3O5S. The third kappa shape index (κ3) is 4.79. The quantitative estimate of drug-likeness (QED) is 0.571. The molecule has 1 aliphatic heterocycles. The topological polar surface area (TPSA) is 102 Å². The van der Waals surface area contributed by atoms with E-state index in [0.29, 0.717) is 30.3 Å². The van der Waals surface area contributed by atoms with Gasteiger partial charge in [-0.05, 0) is 38.0 Å². The summed E-state index contributed by atoms with van der Waals surface area (Å²) in [6.45, 7) is 2.65. The van der Waals surface area contributed by atoms with Crippen molar-refractivity contribution < 1.29 is 22.5 Å².